The van der Waals surface area contributed by atoms with Gasteiger partial charge in [-0.15, -0.1) is 0 Å². The van der Waals surface area contributed by atoms with Crippen molar-refractivity contribution in [3.8, 4) is 6.07 Å². The zero-order valence-electron chi connectivity index (χ0n) is 11.1. The molecular weight excluding hydrogens is 242 g/mol. The van der Waals surface area contributed by atoms with Crippen LogP contribution in [0.5, 0.6) is 0 Å². The summed E-state index contributed by atoms with van der Waals surface area (Å²) in [5.41, 5.74) is 2.02. The van der Waals surface area contributed by atoms with Gasteiger partial charge in [-0.3, -0.25) is 4.79 Å². The van der Waals surface area contributed by atoms with E-state index in [0.29, 0.717) is 18.7 Å². The Morgan fingerprint density at radius 2 is 2.32 bits per heavy atom. The normalized spacial score (nSPS) is 20.6. The van der Waals surface area contributed by atoms with Gasteiger partial charge in [-0.2, -0.15) is 5.26 Å². The number of aliphatic hydroxyl groups is 1. The lowest BCUT2D eigenvalue weighted by molar-refractivity contribution is -0.122. The molecule has 0 saturated carbocycles. The molecule has 1 amide bonds. The Labute approximate surface area is 112 Å². The smallest absolute Gasteiger partial charge is 0.242 e. The Morgan fingerprint density at radius 1 is 1.58 bits per heavy atom. The summed E-state index contributed by atoms with van der Waals surface area (Å²) in [4.78, 5) is 13.7. The maximum Gasteiger partial charge on any atom is 0.242 e. The molecule has 1 fully saturated rings. The van der Waals surface area contributed by atoms with Gasteiger partial charge in [0.05, 0.1) is 17.7 Å². The Bertz CT molecular complexity index is 534. The molecule has 0 aliphatic carbocycles. The molecule has 0 bridgehead atoms. The van der Waals surface area contributed by atoms with E-state index in [1.54, 1.807) is 25.1 Å². The SMILES string of the molecule is CC1C(=O)NCCN1c1cc(C#N)ccc1[C@H](C)O. The molecule has 1 aliphatic rings. The Balaban J connectivity index is 2.47. The van der Waals surface area contributed by atoms with E-state index >= 15 is 0 Å². The summed E-state index contributed by atoms with van der Waals surface area (Å²) < 4.78 is 0. The standard InChI is InChI=1S/C14H17N3O2/c1-9-14(19)16-5-6-17(9)13-7-11(8-15)3-4-12(13)10(2)18/h3-4,7,9-10,18H,5-6H2,1-2H3,(H,16,19)/t9?,10-/m0/s1. The first-order valence-electron chi connectivity index (χ1n) is 6.31. The van der Waals surface area contributed by atoms with Crippen LogP contribution in [0.4, 0.5) is 5.69 Å². The van der Waals surface area contributed by atoms with Crippen LogP contribution in [0.15, 0.2) is 18.2 Å². The van der Waals surface area contributed by atoms with Crippen molar-refractivity contribution in [3.05, 3.63) is 29.3 Å². The summed E-state index contributed by atoms with van der Waals surface area (Å²) in [5, 5.41) is 21.6. The fourth-order valence-electron chi connectivity index (χ4n) is 2.33. The van der Waals surface area contributed by atoms with Crippen LogP contribution < -0.4 is 10.2 Å². The largest absolute Gasteiger partial charge is 0.389 e. The monoisotopic (exact) mass is 259 g/mol. The second-order valence-electron chi connectivity index (χ2n) is 4.72. The number of rotatable bonds is 2. The molecule has 1 aliphatic heterocycles. The van der Waals surface area contributed by atoms with Gasteiger partial charge in [0.1, 0.15) is 6.04 Å². The van der Waals surface area contributed by atoms with E-state index in [2.05, 4.69) is 11.4 Å². The number of nitrogens with one attached hydrogen (secondary N) is 1. The van der Waals surface area contributed by atoms with Crippen molar-refractivity contribution in [3.63, 3.8) is 0 Å². The molecule has 2 rings (SSSR count). The number of hydrogen-bond acceptors (Lipinski definition) is 4. The van der Waals surface area contributed by atoms with Crippen LogP contribution >= 0.6 is 0 Å². The van der Waals surface area contributed by atoms with Gasteiger partial charge in [-0.25, -0.2) is 0 Å². The number of piperazine rings is 1. The fourth-order valence-corrected chi connectivity index (χ4v) is 2.33. The van der Waals surface area contributed by atoms with Crippen molar-refractivity contribution >= 4 is 11.6 Å². The summed E-state index contributed by atoms with van der Waals surface area (Å²) in [6.45, 7) is 4.74. The fraction of sp³-hybridized carbons (Fsp3) is 0.429. The van der Waals surface area contributed by atoms with Crippen LogP contribution in [0.1, 0.15) is 31.1 Å². The number of aliphatic hydroxyl groups excluding tert-OH is 1. The molecular formula is C14H17N3O2. The number of anilines is 1. The summed E-state index contributed by atoms with van der Waals surface area (Å²) in [7, 11) is 0. The average Bonchev–Trinajstić information content (AvgIpc) is 2.41. The van der Waals surface area contributed by atoms with Gasteiger partial charge in [0.15, 0.2) is 0 Å². The highest BCUT2D eigenvalue weighted by Crippen LogP contribution is 2.29. The van der Waals surface area contributed by atoms with Gasteiger partial charge < -0.3 is 15.3 Å². The van der Waals surface area contributed by atoms with Crippen LogP contribution in [0.25, 0.3) is 0 Å². The number of hydrogen-bond donors (Lipinski definition) is 2. The lowest BCUT2D eigenvalue weighted by Gasteiger charge is -2.36. The van der Waals surface area contributed by atoms with E-state index in [4.69, 9.17) is 5.26 Å². The molecule has 1 aromatic rings. The molecule has 1 saturated heterocycles. The molecule has 5 nitrogen and oxygen atoms in total. The van der Waals surface area contributed by atoms with Gasteiger partial charge in [0, 0.05) is 24.3 Å². The lowest BCUT2D eigenvalue weighted by Crippen LogP contribution is -2.54. The zero-order valence-corrected chi connectivity index (χ0v) is 11.1. The van der Waals surface area contributed by atoms with Gasteiger partial charge >= 0.3 is 0 Å². The highest BCUT2D eigenvalue weighted by atomic mass is 16.3. The van der Waals surface area contributed by atoms with Crippen LogP contribution in [-0.2, 0) is 4.79 Å². The molecule has 19 heavy (non-hydrogen) atoms. The van der Waals surface area contributed by atoms with E-state index in [9.17, 15) is 9.90 Å². The summed E-state index contributed by atoms with van der Waals surface area (Å²) in [5.74, 6) is -0.0369. The highest BCUT2D eigenvalue weighted by Gasteiger charge is 2.27. The molecule has 0 aromatic heterocycles. The molecule has 1 heterocycles. The molecule has 100 valence electrons. The molecule has 1 unspecified atom stereocenters. The van der Waals surface area contributed by atoms with Crippen molar-refractivity contribution in [1.82, 2.24) is 5.32 Å². The second kappa shape index (κ2) is 5.29. The van der Waals surface area contributed by atoms with E-state index in [1.165, 1.54) is 0 Å². The Kier molecular flexibility index (Phi) is 3.72. The van der Waals surface area contributed by atoms with Crippen molar-refractivity contribution in [2.45, 2.75) is 26.0 Å². The second-order valence-corrected chi connectivity index (χ2v) is 4.72. The summed E-state index contributed by atoms with van der Waals surface area (Å²) >= 11 is 0. The molecule has 2 N–H and O–H groups in total. The first kappa shape index (κ1) is 13.4. The highest BCUT2D eigenvalue weighted by molar-refractivity contribution is 5.86. The van der Waals surface area contributed by atoms with Crippen LogP contribution in [0.3, 0.4) is 0 Å². The predicted molar refractivity (Wildman–Crippen MR) is 71.6 cm³/mol. The number of carbonyl (C=O) groups is 1. The number of nitriles is 1. The Morgan fingerprint density at radius 3 is 2.95 bits per heavy atom. The predicted octanol–water partition coefficient (Wildman–Crippen LogP) is 0.936. The molecule has 0 spiro atoms. The third-order valence-electron chi connectivity index (χ3n) is 3.42. The quantitative estimate of drug-likeness (QED) is 0.828. The number of nitrogens with zero attached hydrogens (tertiary/aromatic N) is 2. The maximum atomic E-state index is 11.7. The van der Waals surface area contributed by atoms with Gasteiger partial charge in [-0.05, 0) is 26.0 Å². The van der Waals surface area contributed by atoms with E-state index in [1.807, 2.05) is 11.8 Å². The van der Waals surface area contributed by atoms with E-state index < -0.39 is 6.10 Å². The lowest BCUT2D eigenvalue weighted by atomic mass is 10.0. The minimum atomic E-state index is -0.639. The average molecular weight is 259 g/mol. The first-order valence-corrected chi connectivity index (χ1v) is 6.31. The maximum absolute atomic E-state index is 11.7. The van der Waals surface area contributed by atoms with Gasteiger partial charge in [-0.1, -0.05) is 6.07 Å². The number of carbonyl (C=O) groups excluding carboxylic acids is 1. The third-order valence-corrected chi connectivity index (χ3v) is 3.42. The van der Waals surface area contributed by atoms with Crippen molar-refractivity contribution in [2.24, 2.45) is 0 Å². The minimum Gasteiger partial charge on any atom is -0.389 e. The van der Waals surface area contributed by atoms with Crippen LogP contribution in [-0.4, -0.2) is 30.1 Å². The van der Waals surface area contributed by atoms with Crippen molar-refractivity contribution in [2.75, 3.05) is 18.0 Å². The molecule has 2 atom stereocenters. The van der Waals surface area contributed by atoms with E-state index in [-0.39, 0.29) is 11.9 Å². The van der Waals surface area contributed by atoms with Gasteiger partial charge in [0.2, 0.25) is 5.91 Å². The molecule has 1 aromatic carbocycles. The van der Waals surface area contributed by atoms with Crippen molar-refractivity contribution < 1.29 is 9.90 Å². The van der Waals surface area contributed by atoms with Gasteiger partial charge in [0.25, 0.3) is 0 Å². The summed E-state index contributed by atoms with van der Waals surface area (Å²) in [6.07, 6.45) is -0.639. The zero-order chi connectivity index (χ0) is 14.0. The minimum absolute atomic E-state index is 0.0369. The molecule has 5 heteroatoms. The first-order chi connectivity index (χ1) is 9.04. The van der Waals surface area contributed by atoms with Crippen LogP contribution in [0.2, 0.25) is 0 Å². The van der Waals surface area contributed by atoms with Crippen LogP contribution in [0, 0.1) is 11.3 Å². The van der Waals surface area contributed by atoms with E-state index in [0.717, 1.165) is 11.3 Å². The number of benzene rings is 1. The number of amides is 1. The molecule has 0 radical (unpaired) electrons. The van der Waals surface area contributed by atoms with Crippen molar-refractivity contribution in [1.29, 1.82) is 5.26 Å². The Hall–Kier alpha value is -2.06. The summed E-state index contributed by atoms with van der Waals surface area (Å²) in [6, 6.07) is 6.95. The third kappa shape index (κ3) is 2.54. The topological polar surface area (TPSA) is 76.4 Å².